The van der Waals surface area contributed by atoms with Gasteiger partial charge in [-0.2, -0.15) is 0 Å². The Hall–Kier alpha value is -1.48. The third-order valence-electron chi connectivity index (χ3n) is 3.55. The number of hydrogen-bond donors (Lipinski definition) is 0. The summed E-state index contributed by atoms with van der Waals surface area (Å²) in [5.74, 6) is 0.710. The quantitative estimate of drug-likeness (QED) is 0.600. The van der Waals surface area contributed by atoms with E-state index in [1.165, 1.54) is 5.56 Å². The van der Waals surface area contributed by atoms with Crippen molar-refractivity contribution in [3.63, 3.8) is 0 Å². The maximum atomic E-state index is 12.4. The van der Waals surface area contributed by atoms with E-state index in [0.29, 0.717) is 5.75 Å². The van der Waals surface area contributed by atoms with Crippen LogP contribution in [0.1, 0.15) is 34.2 Å². The number of aromatic nitrogens is 1. The zero-order valence-corrected chi connectivity index (χ0v) is 13.4. The smallest absolute Gasteiger partial charge is 0.174 e. The number of carbonyl (C=O) groups is 1. The van der Waals surface area contributed by atoms with E-state index >= 15 is 0 Å². The summed E-state index contributed by atoms with van der Waals surface area (Å²) >= 11 is 1.61. The fourth-order valence-corrected chi connectivity index (χ4v) is 3.40. The van der Waals surface area contributed by atoms with Crippen molar-refractivity contribution < 1.29 is 4.79 Å². The SMILES string of the molecule is CCn1c(C)cc(C(=O)CSc2cccc(C)c2)c1C. The van der Waals surface area contributed by atoms with Crippen LogP contribution in [0.15, 0.2) is 35.2 Å². The molecule has 20 heavy (non-hydrogen) atoms. The molecule has 0 aliphatic heterocycles. The molecule has 2 aromatic rings. The first-order valence-corrected chi connectivity index (χ1v) is 7.91. The van der Waals surface area contributed by atoms with E-state index < -0.39 is 0 Å². The van der Waals surface area contributed by atoms with Crippen LogP contribution in [0.4, 0.5) is 0 Å². The molecule has 1 aromatic carbocycles. The molecule has 3 heteroatoms. The van der Waals surface area contributed by atoms with Gasteiger partial charge in [-0.05, 0) is 45.9 Å². The van der Waals surface area contributed by atoms with Gasteiger partial charge in [-0.1, -0.05) is 17.7 Å². The van der Waals surface area contributed by atoms with Gasteiger partial charge in [0.1, 0.15) is 0 Å². The van der Waals surface area contributed by atoms with Gasteiger partial charge in [-0.15, -0.1) is 11.8 Å². The van der Waals surface area contributed by atoms with E-state index in [1.807, 2.05) is 19.1 Å². The van der Waals surface area contributed by atoms with E-state index in [1.54, 1.807) is 11.8 Å². The lowest BCUT2D eigenvalue weighted by molar-refractivity contribution is 0.102. The zero-order chi connectivity index (χ0) is 14.7. The van der Waals surface area contributed by atoms with Gasteiger partial charge in [0.05, 0.1) is 5.75 Å². The predicted molar refractivity (Wildman–Crippen MR) is 85.8 cm³/mol. The van der Waals surface area contributed by atoms with Crippen LogP contribution in [-0.4, -0.2) is 16.1 Å². The topological polar surface area (TPSA) is 22.0 Å². The molecule has 0 bridgehead atoms. The molecule has 2 nitrogen and oxygen atoms in total. The standard InChI is InChI=1S/C17H21NOS/c1-5-18-13(3)10-16(14(18)4)17(19)11-20-15-8-6-7-12(2)9-15/h6-10H,5,11H2,1-4H3. The summed E-state index contributed by atoms with van der Waals surface area (Å²) in [6.07, 6.45) is 0. The van der Waals surface area contributed by atoms with E-state index in [2.05, 4.69) is 43.5 Å². The summed E-state index contributed by atoms with van der Waals surface area (Å²) in [5, 5.41) is 0. The summed E-state index contributed by atoms with van der Waals surface area (Å²) < 4.78 is 2.19. The number of nitrogens with zero attached hydrogens (tertiary/aromatic N) is 1. The van der Waals surface area contributed by atoms with Crippen LogP contribution in [-0.2, 0) is 6.54 Å². The predicted octanol–water partition coefficient (Wildman–Crippen LogP) is 4.41. The van der Waals surface area contributed by atoms with E-state index in [0.717, 1.165) is 28.4 Å². The van der Waals surface area contributed by atoms with Crippen molar-refractivity contribution in [2.45, 2.75) is 39.1 Å². The summed E-state index contributed by atoms with van der Waals surface area (Å²) in [7, 11) is 0. The number of ketones is 1. The molecule has 0 atom stereocenters. The average Bonchev–Trinajstić information content (AvgIpc) is 2.71. The van der Waals surface area contributed by atoms with Gasteiger partial charge >= 0.3 is 0 Å². The molecular formula is C17H21NOS. The second-order valence-corrected chi connectivity index (χ2v) is 6.11. The Kier molecular flexibility index (Phi) is 4.71. The minimum Gasteiger partial charge on any atom is -0.349 e. The second-order valence-electron chi connectivity index (χ2n) is 5.06. The van der Waals surface area contributed by atoms with Crippen molar-refractivity contribution in [1.29, 1.82) is 0 Å². The van der Waals surface area contributed by atoms with Gasteiger partial charge in [-0.25, -0.2) is 0 Å². The van der Waals surface area contributed by atoms with E-state index in [4.69, 9.17) is 0 Å². The lowest BCUT2D eigenvalue weighted by Crippen LogP contribution is -2.05. The molecule has 0 radical (unpaired) electrons. The Bertz CT molecular complexity index is 628. The molecule has 106 valence electrons. The van der Waals surface area contributed by atoms with Crippen LogP contribution < -0.4 is 0 Å². The molecule has 0 aliphatic carbocycles. The molecule has 0 N–H and O–H groups in total. The van der Waals surface area contributed by atoms with E-state index in [-0.39, 0.29) is 5.78 Å². The van der Waals surface area contributed by atoms with Gasteiger partial charge < -0.3 is 4.57 Å². The van der Waals surface area contributed by atoms with Crippen LogP contribution in [0.25, 0.3) is 0 Å². The van der Waals surface area contributed by atoms with E-state index in [9.17, 15) is 4.79 Å². The molecule has 1 heterocycles. The molecule has 2 rings (SSSR count). The van der Waals surface area contributed by atoms with Crippen molar-refractivity contribution in [3.05, 3.63) is 52.8 Å². The van der Waals surface area contributed by atoms with Crippen molar-refractivity contribution in [2.24, 2.45) is 0 Å². The van der Waals surface area contributed by atoms with Crippen LogP contribution in [0.2, 0.25) is 0 Å². The maximum absolute atomic E-state index is 12.4. The highest BCUT2D eigenvalue weighted by atomic mass is 32.2. The number of hydrogen-bond acceptors (Lipinski definition) is 2. The number of thioether (sulfide) groups is 1. The number of rotatable bonds is 5. The minimum atomic E-state index is 0.212. The Morgan fingerprint density at radius 3 is 2.55 bits per heavy atom. The van der Waals surface area contributed by atoms with Gasteiger partial charge in [0.15, 0.2) is 5.78 Å². The molecule has 0 saturated carbocycles. The molecule has 0 amide bonds. The number of Topliss-reactive ketones (excluding diaryl/α,β-unsaturated/α-hetero) is 1. The minimum absolute atomic E-state index is 0.212. The monoisotopic (exact) mass is 287 g/mol. The van der Waals surface area contributed by atoms with Crippen molar-refractivity contribution in [3.8, 4) is 0 Å². The molecule has 1 aromatic heterocycles. The van der Waals surface area contributed by atoms with Gasteiger partial charge in [0.25, 0.3) is 0 Å². The summed E-state index contributed by atoms with van der Waals surface area (Å²) in [4.78, 5) is 13.5. The Balaban J connectivity index is 2.09. The van der Waals surface area contributed by atoms with Crippen molar-refractivity contribution >= 4 is 17.5 Å². The average molecular weight is 287 g/mol. The second kappa shape index (κ2) is 6.31. The highest BCUT2D eigenvalue weighted by Gasteiger charge is 2.15. The fourth-order valence-electron chi connectivity index (χ4n) is 2.50. The highest BCUT2D eigenvalue weighted by molar-refractivity contribution is 8.00. The van der Waals surface area contributed by atoms with Gasteiger partial charge in [0, 0.05) is 28.4 Å². The molecule has 0 saturated heterocycles. The third kappa shape index (κ3) is 3.15. The largest absolute Gasteiger partial charge is 0.349 e. The number of aryl methyl sites for hydroxylation is 2. The fraction of sp³-hybridized carbons (Fsp3) is 0.353. The van der Waals surface area contributed by atoms with Crippen LogP contribution in [0, 0.1) is 20.8 Å². The van der Waals surface area contributed by atoms with Crippen LogP contribution >= 0.6 is 11.8 Å². The maximum Gasteiger partial charge on any atom is 0.174 e. The molecule has 0 unspecified atom stereocenters. The Labute approximate surface area is 125 Å². The molecule has 0 spiro atoms. The van der Waals surface area contributed by atoms with Crippen LogP contribution in [0.3, 0.4) is 0 Å². The zero-order valence-electron chi connectivity index (χ0n) is 12.6. The number of benzene rings is 1. The van der Waals surface area contributed by atoms with Crippen LogP contribution in [0.5, 0.6) is 0 Å². The highest BCUT2D eigenvalue weighted by Crippen LogP contribution is 2.22. The van der Waals surface area contributed by atoms with Crippen molar-refractivity contribution in [1.82, 2.24) is 4.57 Å². The summed E-state index contributed by atoms with van der Waals surface area (Å²) in [5.41, 5.74) is 4.34. The van der Waals surface area contributed by atoms with Crippen molar-refractivity contribution in [2.75, 3.05) is 5.75 Å². The summed E-state index contributed by atoms with van der Waals surface area (Å²) in [6, 6.07) is 10.3. The Morgan fingerprint density at radius 2 is 1.95 bits per heavy atom. The molecule has 0 aliphatic rings. The first kappa shape index (κ1) is 14.9. The lowest BCUT2D eigenvalue weighted by Gasteiger charge is -2.06. The first-order valence-electron chi connectivity index (χ1n) is 6.92. The Morgan fingerprint density at radius 1 is 1.20 bits per heavy atom. The third-order valence-corrected chi connectivity index (χ3v) is 4.54. The molecular weight excluding hydrogens is 266 g/mol. The number of carbonyl (C=O) groups excluding carboxylic acids is 1. The lowest BCUT2D eigenvalue weighted by atomic mass is 10.2. The van der Waals surface area contributed by atoms with Gasteiger partial charge in [-0.3, -0.25) is 4.79 Å². The normalized spacial score (nSPS) is 10.8. The van der Waals surface area contributed by atoms with Gasteiger partial charge in [0.2, 0.25) is 0 Å². The summed E-state index contributed by atoms with van der Waals surface area (Å²) in [6.45, 7) is 9.18. The first-order chi connectivity index (χ1) is 9.52. The molecule has 0 fully saturated rings.